The molecule has 2 fully saturated rings. The van der Waals surface area contributed by atoms with Gasteiger partial charge in [-0.05, 0) is 31.1 Å². The molecule has 0 aromatic heterocycles. The van der Waals surface area contributed by atoms with E-state index in [4.69, 9.17) is 9.47 Å². The summed E-state index contributed by atoms with van der Waals surface area (Å²) in [4.78, 5) is 50.6. The maximum atomic E-state index is 13.8. The molecular weight excluding hydrogens is 388 g/mol. The van der Waals surface area contributed by atoms with Crippen LogP contribution in [0, 0.1) is 28.6 Å². The van der Waals surface area contributed by atoms with Crippen molar-refractivity contribution in [2.45, 2.75) is 65.3 Å². The average Bonchev–Trinajstić information content (AvgIpc) is 3.34. The van der Waals surface area contributed by atoms with Gasteiger partial charge in [0.25, 0.3) is 6.47 Å². The van der Waals surface area contributed by atoms with Crippen LogP contribution >= 0.6 is 0 Å². The minimum Gasteiger partial charge on any atom is -0.457 e. The van der Waals surface area contributed by atoms with Crippen LogP contribution in [0.4, 0.5) is 0 Å². The molecule has 0 bridgehead atoms. The number of fused-ring (bicyclic) bond motifs is 2. The third-order valence-corrected chi connectivity index (χ3v) is 8.06. The Hall–Kier alpha value is -2.28. The lowest BCUT2D eigenvalue weighted by Crippen LogP contribution is -2.61. The number of Topliss-reactive ketones (excluding diaryl/α,β-unsaturated/α-hetero) is 2. The van der Waals surface area contributed by atoms with Crippen LogP contribution in [0.2, 0.25) is 0 Å². The van der Waals surface area contributed by atoms with Crippen LogP contribution in [0.1, 0.15) is 47.0 Å². The minimum atomic E-state index is -1.24. The van der Waals surface area contributed by atoms with Gasteiger partial charge >= 0.3 is 5.97 Å². The number of carbonyl (C=O) groups is 4. The van der Waals surface area contributed by atoms with Crippen LogP contribution in [0.5, 0.6) is 0 Å². The van der Waals surface area contributed by atoms with Crippen molar-refractivity contribution >= 4 is 24.0 Å². The number of carbonyl (C=O) groups excluding carboxylic acids is 4. The fourth-order valence-electron chi connectivity index (χ4n) is 6.30. The predicted molar refractivity (Wildman–Crippen MR) is 105 cm³/mol. The summed E-state index contributed by atoms with van der Waals surface area (Å²) in [7, 11) is 0. The number of esters is 1. The van der Waals surface area contributed by atoms with Crippen molar-refractivity contribution in [1.82, 2.24) is 0 Å². The molecule has 0 aromatic rings. The molecule has 162 valence electrons. The molecule has 1 N–H and O–H groups in total. The highest BCUT2D eigenvalue weighted by Crippen LogP contribution is 2.65. The van der Waals surface area contributed by atoms with Gasteiger partial charge in [-0.25, -0.2) is 0 Å². The van der Waals surface area contributed by atoms with Gasteiger partial charge in [0.1, 0.15) is 6.10 Å². The highest BCUT2D eigenvalue weighted by atomic mass is 16.6. The average molecular weight is 416 g/mol. The second kappa shape index (κ2) is 6.61. The SMILES string of the molecule is C=C1C(C)CCC2(C)C3=C(C(=O)C4(CC4C)C(OC(C)=O)C3=O)C(OC=O)C(O)C12. The Labute approximate surface area is 175 Å². The molecule has 0 aromatic carbocycles. The molecule has 7 heteroatoms. The normalized spacial score (nSPS) is 45.0. The van der Waals surface area contributed by atoms with Gasteiger partial charge in [0.15, 0.2) is 18.0 Å². The van der Waals surface area contributed by atoms with Crippen molar-refractivity contribution in [3.05, 3.63) is 23.3 Å². The van der Waals surface area contributed by atoms with Gasteiger partial charge in [0.2, 0.25) is 5.78 Å². The van der Waals surface area contributed by atoms with E-state index in [9.17, 15) is 24.3 Å². The molecule has 4 aliphatic carbocycles. The standard InChI is InChI=1S/C23H28O7/c1-10-6-7-22(5)15(12(10)3)17(26)19(29-9-24)14-16(22)18(27)21(30-13(4)25)23(20(14)28)8-11(23)2/h9-11,15,17,19,21,26H,3,6-8H2,1-2,4-5H3. The highest BCUT2D eigenvalue weighted by molar-refractivity contribution is 6.20. The Morgan fingerprint density at radius 1 is 1.30 bits per heavy atom. The lowest BCUT2D eigenvalue weighted by atomic mass is 9.50. The highest BCUT2D eigenvalue weighted by Gasteiger charge is 2.73. The van der Waals surface area contributed by atoms with Gasteiger partial charge in [-0.3, -0.25) is 19.2 Å². The maximum Gasteiger partial charge on any atom is 0.303 e. The second-order valence-electron chi connectivity index (χ2n) is 9.67. The van der Waals surface area contributed by atoms with E-state index in [0.717, 1.165) is 12.0 Å². The quantitative estimate of drug-likeness (QED) is 0.425. The molecule has 4 aliphatic rings. The number of rotatable bonds is 3. The molecule has 30 heavy (non-hydrogen) atoms. The lowest BCUT2D eigenvalue weighted by molar-refractivity contribution is -0.164. The predicted octanol–water partition coefficient (Wildman–Crippen LogP) is 1.92. The fourth-order valence-corrected chi connectivity index (χ4v) is 6.30. The summed E-state index contributed by atoms with van der Waals surface area (Å²) >= 11 is 0. The van der Waals surface area contributed by atoms with Crippen LogP contribution in [-0.4, -0.2) is 47.4 Å². The zero-order valence-electron chi connectivity index (χ0n) is 17.8. The third kappa shape index (κ3) is 2.47. The van der Waals surface area contributed by atoms with Crippen molar-refractivity contribution in [2.75, 3.05) is 0 Å². The van der Waals surface area contributed by atoms with Crippen molar-refractivity contribution < 1.29 is 33.8 Å². The molecule has 7 nitrogen and oxygen atoms in total. The summed E-state index contributed by atoms with van der Waals surface area (Å²) in [5.41, 5.74) is -0.918. The number of ether oxygens (including phenoxy) is 2. The Balaban J connectivity index is 1.96. The molecule has 0 amide bonds. The van der Waals surface area contributed by atoms with E-state index >= 15 is 0 Å². The second-order valence-corrected chi connectivity index (χ2v) is 9.67. The van der Waals surface area contributed by atoms with Crippen LogP contribution < -0.4 is 0 Å². The van der Waals surface area contributed by atoms with Crippen LogP contribution in [0.25, 0.3) is 0 Å². The Morgan fingerprint density at radius 2 is 1.93 bits per heavy atom. The largest absolute Gasteiger partial charge is 0.457 e. The monoisotopic (exact) mass is 416 g/mol. The summed E-state index contributed by atoms with van der Waals surface area (Å²) in [6, 6.07) is 0. The van der Waals surface area contributed by atoms with E-state index in [1.165, 1.54) is 6.92 Å². The number of hydrogen-bond acceptors (Lipinski definition) is 7. The van der Waals surface area contributed by atoms with Crippen LogP contribution in [0.3, 0.4) is 0 Å². The molecule has 0 saturated heterocycles. The molecule has 4 rings (SSSR count). The van der Waals surface area contributed by atoms with Gasteiger partial charge in [0.05, 0.1) is 5.41 Å². The van der Waals surface area contributed by atoms with Crippen molar-refractivity contribution in [3.63, 3.8) is 0 Å². The van der Waals surface area contributed by atoms with E-state index in [2.05, 4.69) is 6.58 Å². The van der Waals surface area contributed by atoms with Gasteiger partial charge < -0.3 is 14.6 Å². The Kier molecular flexibility index (Phi) is 4.62. The van der Waals surface area contributed by atoms with E-state index in [-0.39, 0.29) is 35.2 Å². The first-order valence-corrected chi connectivity index (χ1v) is 10.5. The smallest absolute Gasteiger partial charge is 0.303 e. The number of hydrogen-bond donors (Lipinski definition) is 1. The molecule has 8 atom stereocenters. The van der Waals surface area contributed by atoms with Gasteiger partial charge in [-0.1, -0.05) is 32.9 Å². The van der Waals surface area contributed by atoms with Gasteiger partial charge in [0, 0.05) is 29.4 Å². The first-order chi connectivity index (χ1) is 14.0. The van der Waals surface area contributed by atoms with Gasteiger partial charge in [-0.15, -0.1) is 0 Å². The minimum absolute atomic E-state index is 0.0773. The molecule has 0 heterocycles. The summed E-state index contributed by atoms with van der Waals surface area (Å²) in [5, 5.41) is 11.2. The topological polar surface area (TPSA) is 107 Å². The Bertz CT molecular complexity index is 901. The first-order valence-electron chi connectivity index (χ1n) is 10.5. The molecular formula is C23H28O7. The summed E-state index contributed by atoms with van der Waals surface area (Å²) in [5.74, 6) is -1.98. The molecule has 0 radical (unpaired) electrons. The van der Waals surface area contributed by atoms with Crippen LogP contribution in [-0.2, 0) is 28.7 Å². The van der Waals surface area contributed by atoms with Gasteiger partial charge in [-0.2, -0.15) is 0 Å². The number of aliphatic hydroxyl groups excluding tert-OH is 1. The maximum absolute atomic E-state index is 13.8. The summed E-state index contributed by atoms with van der Waals surface area (Å²) < 4.78 is 10.7. The zero-order chi connectivity index (χ0) is 22.2. The Morgan fingerprint density at radius 3 is 2.47 bits per heavy atom. The number of aliphatic hydroxyl groups is 1. The number of ketones is 2. The molecule has 0 aliphatic heterocycles. The van der Waals surface area contributed by atoms with Crippen molar-refractivity contribution in [2.24, 2.45) is 28.6 Å². The van der Waals surface area contributed by atoms with E-state index in [1.807, 2.05) is 20.8 Å². The summed E-state index contributed by atoms with van der Waals surface area (Å²) in [6.07, 6.45) is -1.89. The van der Waals surface area contributed by atoms with E-state index in [0.29, 0.717) is 12.8 Å². The molecule has 2 saturated carbocycles. The lowest BCUT2D eigenvalue weighted by Gasteiger charge is -2.55. The molecule has 1 spiro atoms. The summed E-state index contributed by atoms with van der Waals surface area (Å²) in [6.45, 7) is 11.3. The molecule has 8 unspecified atom stereocenters. The zero-order valence-corrected chi connectivity index (χ0v) is 17.8. The van der Waals surface area contributed by atoms with Crippen molar-refractivity contribution in [3.8, 4) is 0 Å². The van der Waals surface area contributed by atoms with E-state index in [1.54, 1.807) is 0 Å². The first kappa shape index (κ1) is 21.0. The van der Waals surface area contributed by atoms with Crippen molar-refractivity contribution in [1.29, 1.82) is 0 Å². The van der Waals surface area contributed by atoms with Crippen LogP contribution in [0.15, 0.2) is 23.3 Å². The fraction of sp³-hybridized carbons (Fsp3) is 0.652. The third-order valence-electron chi connectivity index (χ3n) is 8.06. The van der Waals surface area contributed by atoms with E-state index < -0.39 is 46.8 Å².